The molecule has 0 aliphatic heterocycles. The number of aromatic amines is 1. The number of nitrogens with zero attached hydrogens (tertiary/aromatic N) is 3. The second-order valence-corrected chi connectivity index (χ2v) is 3.88. The van der Waals surface area contributed by atoms with Crippen LogP contribution in [0.3, 0.4) is 0 Å². The van der Waals surface area contributed by atoms with E-state index in [1.54, 1.807) is 36.7 Å². The predicted octanol–water partition coefficient (Wildman–Crippen LogP) is 1.76. The van der Waals surface area contributed by atoms with E-state index >= 15 is 0 Å². The molecule has 0 saturated carbocycles. The lowest BCUT2D eigenvalue weighted by Crippen LogP contribution is -2.13. The summed E-state index contributed by atoms with van der Waals surface area (Å²) in [6.07, 6.45) is 3.30. The summed E-state index contributed by atoms with van der Waals surface area (Å²) in [5.74, 6) is 0.348. The van der Waals surface area contributed by atoms with Crippen molar-refractivity contribution in [3.8, 4) is 5.95 Å². The molecule has 1 N–H and O–H groups in total. The zero-order valence-corrected chi connectivity index (χ0v) is 9.35. The summed E-state index contributed by atoms with van der Waals surface area (Å²) in [6.45, 7) is 0. The Morgan fingerprint density at radius 2 is 2.18 bits per heavy atom. The largest absolute Gasteiger partial charge is 0.290 e. The highest BCUT2D eigenvalue weighted by Crippen LogP contribution is 2.18. The van der Waals surface area contributed by atoms with Crippen LogP contribution in [0.15, 0.2) is 41.5 Å². The fourth-order valence-electron chi connectivity index (χ4n) is 1.62. The second kappa shape index (κ2) is 3.71. The SMILES string of the molecule is O=c1[nH]c(-n2cccn2)nc2c(Cl)cccc12. The Labute approximate surface area is 101 Å². The summed E-state index contributed by atoms with van der Waals surface area (Å²) in [6, 6.07) is 6.84. The van der Waals surface area contributed by atoms with Gasteiger partial charge in [-0.2, -0.15) is 5.10 Å². The first-order valence-corrected chi connectivity index (χ1v) is 5.32. The first-order chi connectivity index (χ1) is 8.25. The Morgan fingerprint density at radius 3 is 2.94 bits per heavy atom. The van der Waals surface area contributed by atoms with Gasteiger partial charge in [-0.1, -0.05) is 17.7 Å². The molecule has 5 nitrogen and oxygen atoms in total. The van der Waals surface area contributed by atoms with Gasteiger partial charge in [0.2, 0.25) is 5.95 Å². The molecule has 0 fully saturated rings. The minimum atomic E-state index is -0.233. The van der Waals surface area contributed by atoms with Crippen LogP contribution in [0.1, 0.15) is 0 Å². The second-order valence-electron chi connectivity index (χ2n) is 3.48. The Hall–Kier alpha value is -2.14. The maximum Gasteiger partial charge on any atom is 0.260 e. The van der Waals surface area contributed by atoms with Crippen molar-refractivity contribution in [2.75, 3.05) is 0 Å². The van der Waals surface area contributed by atoms with Gasteiger partial charge in [0.1, 0.15) is 0 Å². The molecular formula is C11H7ClN4O. The number of benzene rings is 1. The average molecular weight is 247 g/mol. The highest BCUT2D eigenvalue weighted by atomic mass is 35.5. The van der Waals surface area contributed by atoms with Gasteiger partial charge in [0, 0.05) is 12.4 Å². The maximum atomic E-state index is 11.9. The number of halogens is 1. The van der Waals surface area contributed by atoms with Crippen molar-refractivity contribution in [1.29, 1.82) is 0 Å². The van der Waals surface area contributed by atoms with Crippen LogP contribution in [0.2, 0.25) is 5.02 Å². The summed E-state index contributed by atoms with van der Waals surface area (Å²) in [4.78, 5) is 18.8. The Morgan fingerprint density at radius 1 is 1.29 bits per heavy atom. The van der Waals surface area contributed by atoms with Gasteiger partial charge in [0.15, 0.2) is 0 Å². The van der Waals surface area contributed by atoms with Crippen LogP contribution in [0.5, 0.6) is 0 Å². The highest BCUT2D eigenvalue weighted by molar-refractivity contribution is 6.34. The topological polar surface area (TPSA) is 63.6 Å². The van der Waals surface area contributed by atoms with Crippen LogP contribution >= 0.6 is 11.6 Å². The molecule has 6 heteroatoms. The van der Waals surface area contributed by atoms with E-state index in [-0.39, 0.29) is 5.56 Å². The van der Waals surface area contributed by atoms with Crippen molar-refractivity contribution in [2.24, 2.45) is 0 Å². The van der Waals surface area contributed by atoms with Crippen LogP contribution in [0.4, 0.5) is 0 Å². The Bertz CT molecular complexity index is 733. The number of nitrogens with one attached hydrogen (secondary N) is 1. The first-order valence-electron chi connectivity index (χ1n) is 4.94. The van der Waals surface area contributed by atoms with Gasteiger partial charge in [0.05, 0.1) is 15.9 Å². The number of para-hydroxylation sites is 1. The van der Waals surface area contributed by atoms with E-state index in [0.717, 1.165) is 0 Å². The van der Waals surface area contributed by atoms with Crippen molar-refractivity contribution >= 4 is 22.5 Å². The molecule has 0 radical (unpaired) electrons. The minimum absolute atomic E-state index is 0.233. The lowest BCUT2D eigenvalue weighted by atomic mass is 10.2. The molecule has 0 amide bonds. The number of rotatable bonds is 1. The first kappa shape index (κ1) is 10.0. The van der Waals surface area contributed by atoms with Crippen LogP contribution in [0, 0.1) is 0 Å². The summed E-state index contributed by atoms with van der Waals surface area (Å²) in [5, 5.41) is 4.92. The van der Waals surface area contributed by atoms with Crippen LogP contribution < -0.4 is 5.56 Å². The molecule has 17 heavy (non-hydrogen) atoms. The fourth-order valence-corrected chi connectivity index (χ4v) is 1.83. The molecule has 0 aliphatic rings. The molecule has 2 heterocycles. The van der Waals surface area contributed by atoms with Gasteiger partial charge in [-0.3, -0.25) is 9.78 Å². The van der Waals surface area contributed by atoms with Gasteiger partial charge in [-0.25, -0.2) is 9.67 Å². The smallest absolute Gasteiger partial charge is 0.260 e. The number of hydrogen-bond acceptors (Lipinski definition) is 3. The van der Waals surface area contributed by atoms with Crippen molar-refractivity contribution < 1.29 is 0 Å². The van der Waals surface area contributed by atoms with Gasteiger partial charge >= 0.3 is 0 Å². The normalized spacial score (nSPS) is 10.9. The number of aromatic nitrogens is 4. The maximum absolute atomic E-state index is 11.9. The zero-order valence-electron chi connectivity index (χ0n) is 8.59. The molecule has 3 rings (SSSR count). The Kier molecular flexibility index (Phi) is 2.19. The molecule has 0 unspecified atom stereocenters. The van der Waals surface area contributed by atoms with E-state index in [9.17, 15) is 4.79 Å². The third-order valence-corrected chi connectivity index (χ3v) is 2.70. The number of H-pyrrole nitrogens is 1. The molecule has 0 saturated heterocycles. The van der Waals surface area contributed by atoms with Crippen molar-refractivity contribution in [3.63, 3.8) is 0 Å². The fraction of sp³-hybridized carbons (Fsp3) is 0. The molecule has 2 aromatic heterocycles. The minimum Gasteiger partial charge on any atom is -0.290 e. The van der Waals surface area contributed by atoms with E-state index in [1.807, 2.05) is 0 Å². The van der Waals surface area contributed by atoms with Crippen molar-refractivity contribution in [2.45, 2.75) is 0 Å². The third kappa shape index (κ3) is 1.60. The lowest BCUT2D eigenvalue weighted by Gasteiger charge is -2.03. The molecule has 0 aliphatic carbocycles. The molecule has 0 spiro atoms. The third-order valence-electron chi connectivity index (χ3n) is 2.40. The van der Waals surface area contributed by atoms with E-state index in [4.69, 9.17) is 11.6 Å². The zero-order chi connectivity index (χ0) is 11.8. The number of fused-ring (bicyclic) bond motifs is 1. The molecular weight excluding hydrogens is 240 g/mol. The van der Waals surface area contributed by atoms with E-state index < -0.39 is 0 Å². The molecule has 3 aromatic rings. The van der Waals surface area contributed by atoms with Gasteiger partial charge in [-0.15, -0.1) is 0 Å². The van der Waals surface area contributed by atoms with Crippen molar-refractivity contribution in [1.82, 2.24) is 19.7 Å². The van der Waals surface area contributed by atoms with Crippen LogP contribution in [0.25, 0.3) is 16.9 Å². The summed E-state index contributed by atoms with van der Waals surface area (Å²) in [7, 11) is 0. The standard InChI is InChI=1S/C11H7ClN4O/c12-8-4-1-3-7-9(8)14-11(15-10(7)17)16-6-2-5-13-16/h1-6H,(H,14,15,17). The van der Waals surface area contributed by atoms with Crippen LogP contribution in [-0.2, 0) is 0 Å². The highest BCUT2D eigenvalue weighted by Gasteiger charge is 2.07. The summed E-state index contributed by atoms with van der Waals surface area (Å²) < 4.78 is 1.48. The van der Waals surface area contributed by atoms with E-state index in [2.05, 4.69) is 15.1 Å². The summed E-state index contributed by atoms with van der Waals surface area (Å²) in [5.41, 5.74) is 0.242. The van der Waals surface area contributed by atoms with Gasteiger partial charge < -0.3 is 0 Å². The summed E-state index contributed by atoms with van der Waals surface area (Å²) >= 11 is 6.02. The monoisotopic (exact) mass is 246 g/mol. The lowest BCUT2D eigenvalue weighted by molar-refractivity contribution is 0.810. The quantitative estimate of drug-likeness (QED) is 0.712. The van der Waals surface area contributed by atoms with E-state index in [0.29, 0.717) is 21.9 Å². The predicted molar refractivity (Wildman–Crippen MR) is 64.5 cm³/mol. The number of hydrogen-bond donors (Lipinski definition) is 1. The van der Waals surface area contributed by atoms with Crippen LogP contribution in [-0.4, -0.2) is 19.7 Å². The van der Waals surface area contributed by atoms with Gasteiger partial charge in [0.25, 0.3) is 5.56 Å². The molecule has 0 bridgehead atoms. The van der Waals surface area contributed by atoms with Crippen molar-refractivity contribution in [3.05, 3.63) is 52.0 Å². The van der Waals surface area contributed by atoms with Gasteiger partial charge in [-0.05, 0) is 18.2 Å². The Balaban J connectivity index is 2.38. The molecule has 1 aromatic carbocycles. The molecule has 0 atom stereocenters. The molecule has 84 valence electrons. The average Bonchev–Trinajstić information content (AvgIpc) is 2.84. The van der Waals surface area contributed by atoms with E-state index in [1.165, 1.54) is 4.68 Å².